The number of aromatic nitrogens is 1. The molecule has 1 aromatic rings. The number of hydrogen-bond donors (Lipinski definition) is 2. The van der Waals surface area contributed by atoms with Gasteiger partial charge in [0.25, 0.3) is 0 Å². The van der Waals surface area contributed by atoms with Gasteiger partial charge in [0.05, 0.1) is 12.2 Å². The number of unbranched alkanes of at least 4 members (excludes halogenated alkanes) is 10. The first-order valence-electron chi connectivity index (χ1n) is 19.3. The fraction of sp³-hybridized carbons (Fsp3) is 0.842. The summed E-state index contributed by atoms with van der Waals surface area (Å²) >= 11 is 0. The van der Waals surface area contributed by atoms with E-state index in [1.54, 1.807) is 10.8 Å². The van der Waals surface area contributed by atoms with Gasteiger partial charge in [0.1, 0.15) is 11.6 Å². The quantitative estimate of drug-likeness (QED) is 0.0471. The molecule has 1 aliphatic heterocycles. The molecule has 278 valence electrons. The summed E-state index contributed by atoms with van der Waals surface area (Å²) in [5.74, 6) is 0.924. The Hall–Kier alpha value is -0.880. The SMILES string of the molecule is CCCCCCCCC(O)CN(CC(O)CCCCCCCC)C(C)CCC(=O)OCCN1CCN(CCSSc2ccccn2)CC1. The van der Waals surface area contributed by atoms with E-state index in [1.807, 2.05) is 35.2 Å². The highest BCUT2D eigenvalue weighted by Gasteiger charge is 2.22. The van der Waals surface area contributed by atoms with E-state index in [0.717, 1.165) is 75.7 Å². The van der Waals surface area contributed by atoms with Crippen LogP contribution < -0.4 is 0 Å². The van der Waals surface area contributed by atoms with Gasteiger partial charge in [0.2, 0.25) is 0 Å². The number of aliphatic hydroxyl groups is 2. The van der Waals surface area contributed by atoms with Crippen LogP contribution in [0.3, 0.4) is 0 Å². The van der Waals surface area contributed by atoms with Gasteiger partial charge in [-0.15, -0.1) is 0 Å². The summed E-state index contributed by atoms with van der Waals surface area (Å²) in [6.07, 6.45) is 18.2. The Labute approximate surface area is 301 Å². The van der Waals surface area contributed by atoms with Crippen LogP contribution in [0.5, 0.6) is 0 Å². The van der Waals surface area contributed by atoms with Crippen molar-refractivity contribution in [1.82, 2.24) is 19.7 Å². The second-order valence-corrected chi connectivity index (χ2v) is 16.2. The van der Waals surface area contributed by atoms with Crippen LogP contribution in [0.15, 0.2) is 29.4 Å². The van der Waals surface area contributed by atoms with Crippen molar-refractivity contribution >= 4 is 27.6 Å². The number of hydrogen-bond acceptors (Lipinski definition) is 10. The van der Waals surface area contributed by atoms with Crippen LogP contribution in [0.4, 0.5) is 0 Å². The fourth-order valence-corrected chi connectivity index (χ4v) is 8.16. The molecule has 0 aliphatic carbocycles. The predicted molar refractivity (Wildman–Crippen MR) is 205 cm³/mol. The van der Waals surface area contributed by atoms with Gasteiger partial charge in [-0.1, -0.05) is 108 Å². The molecule has 3 unspecified atom stereocenters. The Morgan fingerprint density at radius 2 is 1.40 bits per heavy atom. The minimum Gasteiger partial charge on any atom is -0.464 e. The first kappa shape index (κ1) is 43.3. The van der Waals surface area contributed by atoms with E-state index in [4.69, 9.17) is 4.74 Å². The molecule has 2 heterocycles. The molecular formula is C38H70N4O4S2. The summed E-state index contributed by atoms with van der Waals surface area (Å²) in [5, 5.41) is 22.8. The number of ether oxygens (including phenoxy) is 1. The second-order valence-electron chi connectivity index (χ2n) is 13.7. The molecule has 0 bridgehead atoms. The van der Waals surface area contributed by atoms with Crippen molar-refractivity contribution in [1.29, 1.82) is 0 Å². The highest BCUT2D eigenvalue weighted by Crippen LogP contribution is 2.28. The maximum atomic E-state index is 12.7. The molecule has 0 amide bonds. The third-order valence-electron chi connectivity index (χ3n) is 9.47. The number of piperazine rings is 1. The molecule has 8 nitrogen and oxygen atoms in total. The van der Waals surface area contributed by atoms with E-state index in [2.05, 4.69) is 40.5 Å². The van der Waals surface area contributed by atoms with Crippen LogP contribution >= 0.6 is 21.6 Å². The van der Waals surface area contributed by atoms with E-state index >= 15 is 0 Å². The van der Waals surface area contributed by atoms with E-state index < -0.39 is 12.2 Å². The summed E-state index contributed by atoms with van der Waals surface area (Å²) in [6, 6.07) is 6.11. The summed E-state index contributed by atoms with van der Waals surface area (Å²) < 4.78 is 5.65. The Morgan fingerprint density at radius 1 is 0.833 bits per heavy atom. The molecule has 1 aliphatic rings. The van der Waals surface area contributed by atoms with Crippen LogP contribution in [0.2, 0.25) is 0 Å². The normalized spacial score (nSPS) is 16.3. The average Bonchev–Trinajstić information content (AvgIpc) is 3.09. The van der Waals surface area contributed by atoms with Gasteiger partial charge in [-0.25, -0.2) is 4.98 Å². The van der Waals surface area contributed by atoms with Crippen molar-refractivity contribution in [3.8, 4) is 0 Å². The minimum atomic E-state index is -0.406. The average molecular weight is 711 g/mol. The smallest absolute Gasteiger partial charge is 0.305 e. The van der Waals surface area contributed by atoms with Crippen molar-refractivity contribution in [3.63, 3.8) is 0 Å². The zero-order chi connectivity index (χ0) is 34.7. The van der Waals surface area contributed by atoms with Crippen molar-refractivity contribution in [3.05, 3.63) is 24.4 Å². The first-order chi connectivity index (χ1) is 23.4. The highest BCUT2D eigenvalue weighted by molar-refractivity contribution is 8.76. The highest BCUT2D eigenvalue weighted by atomic mass is 33.1. The van der Waals surface area contributed by atoms with Crippen LogP contribution in [-0.2, 0) is 9.53 Å². The molecule has 1 fully saturated rings. The van der Waals surface area contributed by atoms with Gasteiger partial charge in [-0.2, -0.15) is 0 Å². The van der Waals surface area contributed by atoms with Gasteiger partial charge in [-0.05, 0) is 49.1 Å². The zero-order valence-corrected chi connectivity index (χ0v) is 32.4. The summed E-state index contributed by atoms with van der Waals surface area (Å²) in [7, 11) is 3.60. The fourth-order valence-electron chi connectivity index (χ4n) is 6.25. The molecule has 0 aromatic carbocycles. The number of esters is 1. The maximum absolute atomic E-state index is 12.7. The summed E-state index contributed by atoms with van der Waals surface area (Å²) in [6.45, 7) is 14.1. The number of rotatable bonds is 30. The minimum absolute atomic E-state index is 0.0876. The van der Waals surface area contributed by atoms with Crippen LogP contribution in [-0.4, -0.2) is 119 Å². The van der Waals surface area contributed by atoms with Gasteiger partial charge < -0.3 is 14.9 Å². The van der Waals surface area contributed by atoms with Gasteiger partial charge in [0, 0.05) is 76.8 Å². The molecule has 2 N–H and O–H groups in total. The molecule has 48 heavy (non-hydrogen) atoms. The molecule has 0 saturated carbocycles. The van der Waals surface area contributed by atoms with Crippen LogP contribution in [0, 0.1) is 0 Å². The van der Waals surface area contributed by atoms with E-state index in [0.29, 0.717) is 32.5 Å². The molecule has 1 aromatic heterocycles. The Kier molecular flexibility index (Phi) is 26.0. The molecule has 0 spiro atoms. The summed E-state index contributed by atoms with van der Waals surface area (Å²) in [4.78, 5) is 24.2. The molecule has 1 saturated heterocycles. The van der Waals surface area contributed by atoms with Crippen molar-refractivity contribution < 1.29 is 19.7 Å². The molecular weight excluding hydrogens is 641 g/mol. The van der Waals surface area contributed by atoms with Gasteiger partial charge in [0.15, 0.2) is 0 Å². The van der Waals surface area contributed by atoms with Crippen molar-refractivity contribution in [2.75, 3.05) is 64.7 Å². The van der Waals surface area contributed by atoms with Gasteiger partial charge >= 0.3 is 5.97 Å². The largest absolute Gasteiger partial charge is 0.464 e. The maximum Gasteiger partial charge on any atom is 0.305 e. The lowest BCUT2D eigenvalue weighted by Gasteiger charge is -2.34. The Balaban J connectivity index is 1.65. The van der Waals surface area contributed by atoms with E-state index in [-0.39, 0.29) is 12.0 Å². The lowest BCUT2D eigenvalue weighted by molar-refractivity contribution is -0.144. The molecule has 3 atom stereocenters. The zero-order valence-electron chi connectivity index (χ0n) is 30.7. The number of aliphatic hydroxyl groups excluding tert-OH is 2. The third kappa shape index (κ3) is 22.0. The van der Waals surface area contributed by atoms with E-state index in [9.17, 15) is 15.0 Å². The molecule has 0 radical (unpaired) electrons. The number of nitrogens with zero attached hydrogens (tertiary/aromatic N) is 4. The standard InChI is InChI=1S/C38H70N4O4S2/c1-4-6-8-10-12-14-18-35(43)32-42(33-36(44)19-15-13-11-9-7-5-2)34(3)21-22-38(45)46-30-28-40-24-26-41(27-25-40)29-31-47-48-37-20-16-17-23-39-37/h16-17,20,23,34-36,43-44H,4-15,18-19,21-22,24-33H2,1-3H3. The molecule has 2 rings (SSSR count). The number of pyridine rings is 1. The number of carbonyl (C=O) groups excluding carboxylic acids is 1. The van der Waals surface area contributed by atoms with Crippen LogP contribution in [0.25, 0.3) is 0 Å². The number of carbonyl (C=O) groups is 1. The summed E-state index contributed by atoms with van der Waals surface area (Å²) in [5.41, 5.74) is 0. The Morgan fingerprint density at radius 3 is 1.96 bits per heavy atom. The molecule has 10 heteroatoms. The first-order valence-corrected chi connectivity index (χ1v) is 21.6. The lowest BCUT2D eigenvalue weighted by atomic mass is 10.0. The van der Waals surface area contributed by atoms with Crippen molar-refractivity contribution in [2.24, 2.45) is 0 Å². The Bertz CT molecular complexity index is 871. The van der Waals surface area contributed by atoms with E-state index in [1.165, 1.54) is 64.2 Å². The third-order valence-corrected chi connectivity index (χ3v) is 11.7. The van der Waals surface area contributed by atoms with Crippen LogP contribution in [0.1, 0.15) is 124 Å². The topological polar surface area (TPSA) is 89.4 Å². The monoisotopic (exact) mass is 710 g/mol. The van der Waals surface area contributed by atoms with Crippen molar-refractivity contribution in [2.45, 2.75) is 147 Å². The second kappa shape index (κ2) is 28.8. The predicted octanol–water partition coefficient (Wildman–Crippen LogP) is 7.68. The lowest BCUT2D eigenvalue weighted by Crippen LogP contribution is -2.47. The van der Waals surface area contributed by atoms with Gasteiger partial charge in [-0.3, -0.25) is 19.5 Å².